The van der Waals surface area contributed by atoms with Crippen LogP contribution in [0.15, 0.2) is 18.3 Å². The quantitative estimate of drug-likeness (QED) is 0.235. The van der Waals surface area contributed by atoms with Gasteiger partial charge >= 0.3 is 5.97 Å². The molecule has 1 aromatic heterocycles. The number of pyridine rings is 1. The number of carbonyl (C=O) groups excluding carboxylic acids is 1. The van der Waals surface area contributed by atoms with Gasteiger partial charge in [-0.25, -0.2) is 9.78 Å². The maximum absolute atomic E-state index is 12.5. The van der Waals surface area contributed by atoms with Gasteiger partial charge in [-0.2, -0.15) is 5.26 Å². The minimum absolute atomic E-state index is 0.120. The molecule has 0 atom stereocenters. The predicted octanol–water partition coefficient (Wildman–Crippen LogP) is 7.01. The molecule has 2 rings (SSSR count). The van der Waals surface area contributed by atoms with Crippen molar-refractivity contribution < 1.29 is 14.3 Å². The summed E-state index contributed by atoms with van der Waals surface area (Å²) in [6, 6.07) is 6.03. The van der Waals surface area contributed by atoms with Crippen LogP contribution in [0.3, 0.4) is 0 Å². The maximum Gasteiger partial charge on any atom is 0.357 e. The molecule has 0 aromatic carbocycles. The van der Waals surface area contributed by atoms with E-state index in [0.717, 1.165) is 44.9 Å². The molecule has 1 heterocycles. The van der Waals surface area contributed by atoms with Gasteiger partial charge in [0, 0.05) is 0 Å². The zero-order chi connectivity index (χ0) is 22.4. The zero-order valence-electron chi connectivity index (χ0n) is 19.5. The van der Waals surface area contributed by atoms with Gasteiger partial charge in [0.2, 0.25) is 0 Å². The highest BCUT2D eigenvalue weighted by Crippen LogP contribution is 2.41. The maximum atomic E-state index is 12.5. The molecule has 0 radical (unpaired) electrons. The molecule has 1 aliphatic rings. The average Bonchev–Trinajstić information content (AvgIpc) is 2.80. The largest absolute Gasteiger partial charge is 0.492 e. The zero-order valence-corrected chi connectivity index (χ0v) is 19.5. The molecule has 1 aliphatic carbocycles. The summed E-state index contributed by atoms with van der Waals surface area (Å²) in [6.07, 6.45) is 16.3. The van der Waals surface area contributed by atoms with Crippen LogP contribution in [0, 0.1) is 16.7 Å². The monoisotopic (exact) mass is 428 g/mol. The van der Waals surface area contributed by atoms with E-state index < -0.39 is 0 Å². The van der Waals surface area contributed by atoms with Gasteiger partial charge in [-0.1, -0.05) is 65.2 Å². The summed E-state index contributed by atoms with van der Waals surface area (Å²) >= 11 is 0. The Bertz CT molecular complexity index is 673. The summed E-state index contributed by atoms with van der Waals surface area (Å²) in [5, 5.41) is 9.74. The topological polar surface area (TPSA) is 72.2 Å². The standard InChI is InChI=1S/C26H40N2O3/c1-3-5-7-9-10-16-26(21-27)17-14-22(15-18-26)31-25(29)24-13-12-23(20-28-24)30-19-11-8-6-4-2/h12-13,20,22H,3-11,14-19H2,1-2H3. The first-order valence-corrected chi connectivity index (χ1v) is 12.3. The minimum Gasteiger partial charge on any atom is -0.492 e. The Morgan fingerprint density at radius 1 is 1.06 bits per heavy atom. The first-order valence-electron chi connectivity index (χ1n) is 12.3. The number of hydrogen-bond acceptors (Lipinski definition) is 5. The number of nitriles is 1. The number of ether oxygens (including phenoxy) is 2. The van der Waals surface area contributed by atoms with E-state index in [2.05, 4.69) is 24.9 Å². The molecule has 5 heteroatoms. The second kappa shape index (κ2) is 14.1. The van der Waals surface area contributed by atoms with Crippen molar-refractivity contribution in [1.29, 1.82) is 5.26 Å². The van der Waals surface area contributed by atoms with Crippen molar-refractivity contribution in [2.75, 3.05) is 6.61 Å². The van der Waals surface area contributed by atoms with E-state index in [1.807, 2.05) is 0 Å². The lowest BCUT2D eigenvalue weighted by Gasteiger charge is -2.34. The van der Waals surface area contributed by atoms with Gasteiger partial charge in [0.05, 0.1) is 24.3 Å². The van der Waals surface area contributed by atoms with Crippen molar-refractivity contribution in [3.63, 3.8) is 0 Å². The van der Waals surface area contributed by atoms with Crippen LogP contribution >= 0.6 is 0 Å². The Morgan fingerprint density at radius 2 is 1.74 bits per heavy atom. The smallest absolute Gasteiger partial charge is 0.357 e. The fraction of sp³-hybridized carbons (Fsp3) is 0.731. The molecular weight excluding hydrogens is 388 g/mol. The fourth-order valence-electron chi connectivity index (χ4n) is 4.26. The number of nitrogens with zero attached hydrogens (tertiary/aromatic N) is 2. The molecule has 5 nitrogen and oxygen atoms in total. The number of rotatable bonds is 14. The highest BCUT2D eigenvalue weighted by atomic mass is 16.5. The Kier molecular flexibility index (Phi) is 11.4. The molecule has 0 saturated heterocycles. The van der Waals surface area contributed by atoms with E-state index >= 15 is 0 Å². The fourth-order valence-corrected chi connectivity index (χ4v) is 4.26. The van der Waals surface area contributed by atoms with Gasteiger partial charge < -0.3 is 9.47 Å². The first-order chi connectivity index (χ1) is 15.1. The highest BCUT2D eigenvalue weighted by molar-refractivity contribution is 5.87. The number of unbranched alkanes of at least 4 members (excludes halogenated alkanes) is 7. The second-order valence-corrected chi connectivity index (χ2v) is 8.95. The minimum atomic E-state index is -0.386. The molecule has 0 unspecified atom stereocenters. The summed E-state index contributed by atoms with van der Waals surface area (Å²) in [5.74, 6) is 0.298. The number of hydrogen-bond donors (Lipinski definition) is 0. The van der Waals surface area contributed by atoms with Gasteiger partial charge in [-0.3, -0.25) is 0 Å². The molecule has 1 saturated carbocycles. The number of carbonyl (C=O) groups is 1. The lowest BCUT2D eigenvalue weighted by molar-refractivity contribution is 0.00985. The average molecular weight is 429 g/mol. The van der Waals surface area contributed by atoms with Crippen molar-refractivity contribution in [2.24, 2.45) is 5.41 Å². The van der Waals surface area contributed by atoms with Gasteiger partial charge in [0.1, 0.15) is 17.5 Å². The second-order valence-electron chi connectivity index (χ2n) is 8.95. The van der Waals surface area contributed by atoms with Gasteiger partial charge in [0.15, 0.2) is 0 Å². The lowest BCUT2D eigenvalue weighted by Crippen LogP contribution is -2.31. The molecule has 172 valence electrons. The Labute approximate surface area is 188 Å². The Hall–Kier alpha value is -2.09. The molecule has 1 fully saturated rings. The molecule has 0 amide bonds. The molecule has 0 aliphatic heterocycles. The third kappa shape index (κ3) is 8.89. The third-order valence-electron chi connectivity index (χ3n) is 6.37. The van der Waals surface area contributed by atoms with Crippen LogP contribution < -0.4 is 4.74 Å². The van der Waals surface area contributed by atoms with Crippen molar-refractivity contribution >= 4 is 5.97 Å². The summed E-state index contributed by atoms with van der Waals surface area (Å²) < 4.78 is 11.4. The van der Waals surface area contributed by atoms with Crippen LogP contribution in [0.4, 0.5) is 0 Å². The van der Waals surface area contributed by atoms with Crippen LogP contribution in [-0.2, 0) is 4.74 Å². The normalized spacial score (nSPS) is 20.7. The van der Waals surface area contributed by atoms with Crippen LogP contribution in [0.1, 0.15) is 114 Å². The van der Waals surface area contributed by atoms with Crippen LogP contribution in [-0.4, -0.2) is 23.7 Å². The molecule has 0 N–H and O–H groups in total. The first kappa shape index (κ1) is 25.2. The summed E-state index contributed by atoms with van der Waals surface area (Å²) in [5.41, 5.74) is 0.0788. The van der Waals surface area contributed by atoms with E-state index in [9.17, 15) is 10.1 Å². The third-order valence-corrected chi connectivity index (χ3v) is 6.37. The van der Waals surface area contributed by atoms with E-state index in [0.29, 0.717) is 18.1 Å². The van der Waals surface area contributed by atoms with Crippen molar-refractivity contribution in [3.8, 4) is 11.8 Å². The number of esters is 1. The summed E-state index contributed by atoms with van der Waals surface area (Å²) in [7, 11) is 0. The molecule has 1 aromatic rings. The molecule has 0 bridgehead atoms. The van der Waals surface area contributed by atoms with Gasteiger partial charge in [-0.05, 0) is 50.7 Å². The molecular formula is C26H40N2O3. The van der Waals surface area contributed by atoms with E-state index in [1.165, 1.54) is 44.9 Å². The molecule has 31 heavy (non-hydrogen) atoms. The molecule has 0 spiro atoms. The van der Waals surface area contributed by atoms with Crippen LogP contribution in [0.2, 0.25) is 0 Å². The van der Waals surface area contributed by atoms with E-state index in [4.69, 9.17) is 9.47 Å². The van der Waals surface area contributed by atoms with Gasteiger partial charge in [0.25, 0.3) is 0 Å². The van der Waals surface area contributed by atoms with E-state index in [-0.39, 0.29) is 17.5 Å². The Morgan fingerprint density at radius 3 is 2.35 bits per heavy atom. The van der Waals surface area contributed by atoms with Crippen LogP contribution in [0.25, 0.3) is 0 Å². The van der Waals surface area contributed by atoms with Crippen molar-refractivity contribution in [3.05, 3.63) is 24.0 Å². The van der Waals surface area contributed by atoms with E-state index in [1.54, 1.807) is 18.3 Å². The number of aromatic nitrogens is 1. The van der Waals surface area contributed by atoms with Crippen molar-refractivity contribution in [2.45, 2.75) is 110 Å². The Balaban J connectivity index is 1.72. The van der Waals surface area contributed by atoms with Gasteiger partial charge in [-0.15, -0.1) is 0 Å². The summed E-state index contributed by atoms with van der Waals surface area (Å²) in [6.45, 7) is 5.07. The lowest BCUT2D eigenvalue weighted by atomic mass is 9.71. The van der Waals surface area contributed by atoms with Crippen LogP contribution in [0.5, 0.6) is 5.75 Å². The predicted molar refractivity (Wildman–Crippen MR) is 123 cm³/mol. The summed E-state index contributed by atoms with van der Waals surface area (Å²) in [4.78, 5) is 16.7. The van der Waals surface area contributed by atoms with Crippen molar-refractivity contribution in [1.82, 2.24) is 4.98 Å². The highest BCUT2D eigenvalue weighted by Gasteiger charge is 2.36. The SMILES string of the molecule is CCCCCCCC1(C#N)CCC(OC(=O)c2ccc(OCCCCCC)cn2)CC1.